The standard InChI is InChI=1S/C21H30ClN3O4/c1-19(2,3)13-24-14-21(29-18(24)26)9-5-8-20(4,11-21)12-23-16-10-15(22)6-7-17(16)25(27)28/h6-7,10,23H,5,8-9,11-14H2,1-4H3. The summed E-state index contributed by atoms with van der Waals surface area (Å²) in [5, 5.41) is 15.0. The Bertz CT molecular complexity index is 810. The molecular weight excluding hydrogens is 394 g/mol. The third-order valence-electron chi connectivity index (χ3n) is 5.73. The number of anilines is 1. The van der Waals surface area contributed by atoms with Gasteiger partial charge in [-0.15, -0.1) is 0 Å². The Morgan fingerprint density at radius 2 is 2.07 bits per heavy atom. The fourth-order valence-electron chi connectivity index (χ4n) is 4.67. The van der Waals surface area contributed by atoms with E-state index in [4.69, 9.17) is 16.3 Å². The van der Waals surface area contributed by atoms with Crippen molar-refractivity contribution >= 4 is 29.1 Å². The van der Waals surface area contributed by atoms with Crippen LogP contribution in [-0.4, -0.2) is 41.2 Å². The van der Waals surface area contributed by atoms with Gasteiger partial charge in [-0.1, -0.05) is 39.3 Å². The number of benzene rings is 1. The molecule has 0 radical (unpaired) electrons. The van der Waals surface area contributed by atoms with Gasteiger partial charge in [-0.25, -0.2) is 4.79 Å². The van der Waals surface area contributed by atoms with Crippen LogP contribution in [0.3, 0.4) is 0 Å². The summed E-state index contributed by atoms with van der Waals surface area (Å²) in [5.74, 6) is 0. The van der Waals surface area contributed by atoms with Gasteiger partial charge in [-0.3, -0.25) is 10.1 Å². The number of nitro groups is 1. The summed E-state index contributed by atoms with van der Waals surface area (Å²) in [5.41, 5.74) is -0.187. The van der Waals surface area contributed by atoms with E-state index in [0.717, 1.165) is 25.7 Å². The molecule has 1 saturated heterocycles. The maximum atomic E-state index is 12.5. The highest BCUT2D eigenvalue weighted by Crippen LogP contribution is 2.46. The number of carbonyl (C=O) groups is 1. The predicted molar refractivity (Wildman–Crippen MR) is 113 cm³/mol. The molecule has 1 aromatic rings. The number of hydrogen-bond acceptors (Lipinski definition) is 5. The normalized spacial score (nSPS) is 27.2. The Kier molecular flexibility index (Phi) is 5.73. The van der Waals surface area contributed by atoms with Crippen LogP contribution in [0.25, 0.3) is 0 Å². The Morgan fingerprint density at radius 1 is 1.34 bits per heavy atom. The minimum atomic E-state index is -0.475. The molecule has 7 nitrogen and oxygen atoms in total. The van der Waals surface area contributed by atoms with Crippen LogP contribution in [0.2, 0.25) is 5.02 Å². The minimum absolute atomic E-state index is 0.00664. The monoisotopic (exact) mass is 423 g/mol. The van der Waals surface area contributed by atoms with Crippen molar-refractivity contribution in [2.24, 2.45) is 10.8 Å². The number of ether oxygens (including phenoxy) is 1. The van der Waals surface area contributed by atoms with Crippen molar-refractivity contribution in [2.75, 3.05) is 25.0 Å². The average molecular weight is 424 g/mol. The van der Waals surface area contributed by atoms with Gasteiger partial charge < -0.3 is 15.0 Å². The Balaban J connectivity index is 1.71. The molecule has 1 spiro atoms. The molecule has 1 saturated carbocycles. The summed E-state index contributed by atoms with van der Waals surface area (Å²) < 4.78 is 5.91. The summed E-state index contributed by atoms with van der Waals surface area (Å²) in [6.45, 7) is 10.3. The van der Waals surface area contributed by atoms with E-state index < -0.39 is 10.5 Å². The molecule has 0 aromatic heterocycles. The zero-order valence-electron chi connectivity index (χ0n) is 17.6. The lowest BCUT2D eigenvalue weighted by Crippen LogP contribution is -2.46. The number of nitrogens with one attached hydrogen (secondary N) is 1. The first-order chi connectivity index (χ1) is 13.4. The molecule has 1 aliphatic heterocycles. The molecule has 8 heteroatoms. The van der Waals surface area contributed by atoms with E-state index in [1.165, 1.54) is 12.1 Å². The maximum Gasteiger partial charge on any atom is 0.410 e. The van der Waals surface area contributed by atoms with Crippen molar-refractivity contribution in [3.05, 3.63) is 33.3 Å². The van der Waals surface area contributed by atoms with Gasteiger partial charge in [0.25, 0.3) is 5.69 Å². The lowest BCUT2D eigenvalue weighted by molar-refractivity contribution is -0.384. The highest BCUT2D eigenvalue weighted by molar-refractivity contribution is 6.31. The van der Waals surface area contributed by atoms with Gasteiger partial charge in [-0.2, -0.15) is 0 Å². The fraction of sp³-hybridized carbons (Fsp3) is 0.667. The number of amides is 1. The van der Waals surface area contributed by atoms with Gasteiger partial charge in [0, 0.05) is 24.2 Å². The molecule has 160 valence electrons. The number of nitrogens with zero attached hydrogens (tertiary/aromatic N) is 2. The minimum Gasteiger partial charge on any atom is -0.441 e. The number of rotatable bonds is 5. The zero-order chi connectivity index (χ0) is 21.4. The second kappa shape index (κ2) is 7.67. The van der Waals surface area contributed by atoms with Gasteiger partial charge in [0.05, 0.1) is 11.5 Å². The van der Waals surface area contributed by atoms with Crippen LogP contribution in [0, 0.1) is 20.9 Å². The number of halogens is 1. The first-order valence-electron chi connectivity index (χ1n) is 10.1. The van der Waals surface area contributed by atoms with Crippen LogP contribution in [0.1, 0.15) is 53.4 Å². The summed E-state index contributed by atoms with van der Waals surface area (Å²) >= 11 is 6.04. The first-order valence-corrected chi connectivity index (χ1v) is 10.4. The Morgan fingerprint density at radius 3 is 2.72 bits per heavy atom. The van der Waals surface area contributed by atoms with Crippen molar-refractivity contribution in [1.29, 1.82) is 0 Å². The highest BCUT2D eigenvalue weighted by Gasteiger charge is 2.51. The van der Waals surface area contributed by atoms with Crippen LogP contribution in [0.4, 0.5) is 16.2 Å². The largest absolute Gasteiger partial charge is 0.441 e. The molecular formula is C21H30ClN3O4. The SMILES string of the molecule is CC(C)(C)CN1CC2(CCCC(C)(CNc3cc(Cl)ccc3[N+](=O)[O-])C2)OC1=O. The molecule has 3 rings (SSSR count). The van der Waals surface area contributed by atoms with Crippen LogP contribution in [0.5, 0.6) is 0 Å². The van der Waals surface area contributed by atoms with Crippen LogP contribution in [-0.2, 0) is 4.74 Å². The van der Waals surface area contributed by atoms with Gasteiger partial charge in [0.1, 0.15) is 11.3 Å². The molecule has 1 aliphatic carbocycles. The van der Waals surface area contributed by atoms with Gasteiger partial charge >= 0.3 is 6.09 Å². The Labute approximate surface area is 176 Å². The third kappa shape index (κ3) is 5.13. The van der Waals surface area contributed by atoms with Crippen molar-refractivity contribution in [3.63, 3.8) is 0 Å². The van der Waals surface area contributed by atoms with Gasteiger partial charge in [0.2, 0.25) is 0 Å². The molecule has 2 atom stereocenters. The molecule has 2 unspecified atom stereocenters. The molecule has 1 aromatic carbocycles. The zero-order valence-corrected chi connectivity index (χ0v) is 18.3. The summed E-state index contributed by atoms with van der Waals surface area (Å²) in [6, 6.07) is 4.52. The van der Waals surface area contributed by atoms with Crippen molar-refractivity contribution in [2.45, 2.75) is 59.0 Å². The number of carbonyl (C=O) groups excluding carboxylic acids is 1. The molecule has 29 heavy (non-hydrogen) atoms. The van der Waals surface area contributed by atoms with Crippen molar-refractivity contribution in [3.8, 4) is 0 Å². The molecule has 1 N–H and O–H groups in total. The summed E-state index contributed by atoms with van der Waals surface area (Å²) in [7, 11) is 0. The van der Waals surface area contributed by atoms with E-state index in [1.54, 1.807) is 6.07 Å². The van der Waals surface area contributed by atoms with Crippen LogP contribution in [0.15, 0.2) is 18.2 Å². The molecule has 1 amide bonds. The average Bonchev–Trinajstić information content (AvgIpc) is 2.85. The van der Waals surface area contributed by atoms with E-state index in [1.807, 2.05) is 4.90 Å². The first kappa shape index (κ1) is 21.7. The van der Waals surface area contributed by atoms with E-state index in [2.05, 4.69) is 33.0 Å². The number of nitro benzene ring substituents is 1. The third-order valence-corrected chi connectivity index (χ3v) is 5.96. The maximum absolute atomic E-state index is 12.5. The quantitative estimate of drug-likeness (QED) is 0.500. The smallest absolute Gasteiger partial charge is 0.410 e. The topological polar surface area (TPSA) is 84.7 Å². The summed E-state index contributed by atoms with van der Waals surface area (Å²) in [4.78, 5) is 25.2. The molecule has 1 heterocycles. The van der Waals surface area contributed by atoms with E-state index in [9.17, 15) is 14.9 Å². The lowest BCUT2D eigenvalue weighted by atomic mass is 9.68. The second-order valence-electron chi connectivity index (χ2n) is 10.1. The molecule has 2 fully saturated rings. The fourth-order valence-corrected chi connectivity index (χ4v) is 4.84. The predicted octanol–water partition coefficient (Wildman–Crippen LogP) is 5.48. The van der Waals surface area contributed by atoms with E-state index in [0.29, 0.717) is 30.3 Å². The molecule has 2 aliphatic rings. The number of hydrogen-bond donors (Lipinski definition) is 1. The van der Waals surface area contributed by atoms with Crippen molar-refractivity contribution < 1.29 is 14.5 Å². The van der Waals surface area contributed by atoms with Crippen molar-refractivity contribution in [1.82, 2.24) is 4.90 Å². The lowest BCUT2D eigenvalue weighted by Gasteiger charge is -2.43. The summed E-state index contributed by atoms with van der Waals surface area (Å²) in [6.07, 6.45) is 3.27. The van der Waals surface area contributed by atoms with Crippen LogP contribution >= 0.6 is 11.6 Å². The van der Waals surface area contributed by atoms with Gasteiger partial charge in [0.15, 0.2) is 0 Å². The van der Waals surface area contributed by atoms with Gasteiger partial charge in [-0.05, 0) is 48.6 Å². The second-order valence-corrected chi connectivity index (χ2v) is 10.5. The van der Waals surface area contributed by atoms with E-state index in [-0.39, 0.29) is 22.6 Å². The molecule has 0 bridgehead atoms. The van der Waals surface area contributed by atoms with Crippen LogP contribution < -0.4 is 5.32 Å². The highest BCUT2D eigenvalue weighted by atomic mass is 35.5. The Hall–Kier alpha value is -2.02. The van der Waals surface area contributed by atoms with E-state index >= 15 is 0 Å².